The lowest BCUT2D eigenvalue weighted by atomic mass is 10.1. The molecule has 0 N–H and O–H groups in total. The molecule has 0 amide bonds. The zero-order chi connectivity index (χ0) is 18.4. The number of unbranched alkanes of at least 4 members (excludes halogenated alkanes) is 8. The SMILES string of the molecule is CCCCCCCCCCCO[Si](CC)(CC)Oc1ccc(Cl)cc1. The van der Waals surface area contributed by atoms with E-state index < -0.39 is 8.56 Å². The highest BCUT2D eigenvalue weighted by Crippen LogP contribution is 2.25. The van der Waals surface area contributed by atoms with Gasteiger partial charge >= 0.3 is 8.56 Å². The standard InChI is InChI=1S/C21H37ClO2Si/c1-4-7-8-9-10-11-12-13-14-19-23-25(5-2,6-3)24-21-17-15-20(22)16-18-21/h15-18H,4-14,19H2,1-3H3. The minimum atomic E-state index is -2.14. The molecule has 0 aliphatic carbocycles. The fourth-order valence-electron chi connectivity index (χ4n) is 3.02. The fraction of sp³-hybridized carbons (Fsp3) is 0.714. The molecule has 1 aromatic carbocycles. The Morgan fingerprint density at radius 1 is 0.760 bits per heavy atom. The first-order valence-electron chi connectivity index (χ1n) is 10.2. The van der Waals surface area contributed by atoms with Crippen molar-refractivity contribution in [3.05, 3.63) is 29.3 Å². The Kier molecular flexibility index (Phi) is 12.3. The zero-order valence-corrected chi connectivity index (χ0v) is 18.2. The van der Waals surface area contributed by atoms with E-state index in [0.29, 0.717) is 0 Å². The van der Waals surface area contributed by atoms with E-state index in [9.17, 15) is 0 Å². The lowest BCUT2D eigenvalue weighted by Crippen LogP contribution is -2.44. The topological polar surface area (TPSA) is 18.5 Å². The first kappa shape index (κ1) is 22.5. The number of rotatable bonds is 15. The molecule has 0 fully saturated rings. The van der Waals surface area contributed by atoms with Gasteiger partial charge in [0.15, 0.2) is 0 Å². The summed E-state index contributed by atoms with van der Waals surface area (Å²) in [5, 5.41) is 0.739. The molecule has 1 aromatic rings. The van der Waals surface area contributed by atoms with Gasteiger partial charge < -0.3 is 8.85 Å². The first-order valence-corrected chi connectivity index (χ1v) is 12.8. The Morgan fingerprint density at radius 3 is 1.80 bits per heavy atom. The molecule has 0 aromatic heterocycles. The Morgan fingerprint density at radius 2 is 1.28 bits per heavy atom. The van der Waals surface area contributed by atoms with Gasteiger partial charge in [-0.3, -0.25) is 0 Å². The first-order chi connectivity index (χ1) is 12.2. The number of halogens is 1. The molecule has 0 radical (unpaired) electrons. The molecular weight excluding hydrogens is 348 g/mol. The van der Waals surface area contributed by atoms with Gasteiger partial charge in [0.1, 0.15) is 5.75 Å². The summed E-state index contributed by atoms with van der Waals surface area (Å²) in [6, 6.07) is 9.59. The van der Waals surface area contributed by atoms with E-state index in [4.69, 9.17) is 20.5 Å². The predicted molar refractivity (Wildman–Crippen MR) is 112 cm³/mol. The molecule has 0 aliphatic rings. The van der Waals surface area contributed by atoms with Gasteiger partial charge in [0.05, 0.1) is 0 Å². The second-order valence-electron chi connectivity index (χ2n) is 6.85. The van der Waals surface area contributed by atoms with E-state index in [1.807, 2.05) is 24.3 Å². The van der Waals surface area contributed by atoms with E-state index in [2.05, 4.69) is 20.8 Å². The van der Waals surface area contributed by atoms with Gasteiger partial charge in [0.2, 0.25) is 0 Å². The molecule has 0 saturated carbocycles. The number of hydrogen-bond acceptors (Lipinski definition) is 2. The van der Waals surface area contributed by atoms with Crippen LogP contribution in [0.5, 0.6) is 5.75 Å². The van der Waals surface area contributed by atoms with E-state index >= 15 is 0 Å². The average Bonchev–Trinajstić information content (AvgIpc) is 2.64. The van der Waals surface area contributed by atoms with Gasteiger partial charge in [-0.1, -0.05) is 83.7 Å². The molecule has 4 heteroatoms. The normalized spacial score (nSPS) is 11.7. The van der Waals surface area contributed by atoms with Crippen molar-refractivity contribution in [3.8, 4) is 5.75 Å². The van der Waals surface area contributed by atoms with Crippen LogP contribution < -0.4 is 4.43 Å². The third-order valence-electron chi connectivity index (χ3n) is 4.81. The molecule has 0 spiro atoms. The summed E-state index contributed by atoms with van der Waals surface area (Å²) in [4.78, 5) is 0. The minimum absolute atomic E-state index is 0.739. The summed E-state index contributed by atoms with van der Waals surface area (Å²) < 4.78 is 12.6. The van der Waals surface area contributed by atoms with Crippen molar-refractivity contribution >= 4 is 20.2 Å². The van der Waals surface area contributed by atoms with Crippen LogP contribution >= 0.6 is 11.6 Å². The lowest BCUT2D eigenvalue weighted by molar-refractivity contribution is 0.230. The number of hydrogen-bond donors (Lipinski definition) is 0. The highest BCUT2D eigenvalue weighted by molar-refractivity contribution is 6.68. The predicted octanol–water partition coefficient (Wildman–Crippen LogP) is 7.75. The third kappa shape index (κ3) is 9.67. The van der Waals surface area contributed by atoms with E-state index in [1.165, 1.54) is 51.4 Å². The Hall–Kier alpha value is -0.513. The summed E-state index contributed by atoms with van der Waals surface area (Å²) >= 11 is 5.95. The van der Waals surface area contributed by atoms with Crippen molar-refractivity contribution in [1.29, 1.82) is 0 Å². The largest absolute Gasteiger partial charge is 0.520 e. The van der Waals surface area contributed by atoms with Crippen LogP contribution in [-0.2, 0) is 4.43 Å². The van der Waals surface area contributed by atoms with Crippen LogP contribution in [0.1, 0.15) is 78.6 Å². The lowest BCUT2D eigenvalue weighted by Gasteiger charge is -2.29. The second-order valence-corrected chi connectivity index (χ2v) is 11.0. The van der Waals surface area contributed by atoms with Crippen LogP contribution in [0.2, 0.25) is 17.1 Å². The maximum Gasteiger partial charge on any atom is 0.398 e. The monoisotopic (exact) mass is 384 g/mol. The summed E-state index contributed by atoms with van der Waals surface area (Å²) in [6.07, 6.45) is 12.0. The van der Waals surface area contributed by atoms with Crippen molar-refractivity contribution < 1.29 is 8.85 Å². The minimum Gasteiger partial charge on any atom is -0.520 e. The molecule has 0 bridgehead atoms. The second kappa shape index (κ2) is 13.7. The molecule has 2 nitrogen and oxygen atoms in total. The van der Waals surface area contributed by atoms with Gasteiger partial charge in [0.25, 0.3) is 0 Å². The van der Waals surface area contributed by atoms with Crippen molar-refractivity contribution in [3.63, 3.8) is 0 Å². The van der Waals surface area contributed by atoms with E-state index in [-0.39, 0.29) is 0 Å². The van der Waals surface area contributed by atoms with Crippen LogP contribution in [0, 0.1) is 0 Å². The fourth-order valence-corrected chi connectivity index (χ4v) is 5.48. The molecule has 144 valence electrons. The summed E-state index contributed by atoms with van der Waals surface area (Å²) in [7, 11) is -2.14. The van der Waals surface area contributed by atoms with Gasteiger partial charge in [-0.05, 0) is 42.8 Å². The van der Waals surface area contributed by atoms with Crippen LogP contribution in [-0.4, -0.2) is 15.2 Å². The van der Waals surface area contributed by atoms with Gasteiger partial charge in [-0.2, -0.15) is 0 Å². The van der Waals surface area contributed by atoms with Crippen molar-refractivity contribution in [2.75, 3.05) is 6.61 Å². The van der Waals surface area contributed by atoms with Gasteiger partial charge in [-0.15, -0.1) is 0 Å². The van der Waals surface area contributed by atoms with Crippen LogP contribution in [0.25, 0.3) is 0 Å². The van der Waals surface area contributed by atoms with Crippen LogP contribution in [0.3, 0.4) is 0 Å². The molecule has 0 atom stereocenters. The molecule has 1 rings (SSSR count). The van der Waals surface area contributed by atoms with Crippen molar-refractivity contribution in [1.82, 2.24) is 0 Å². The Labute approximate surface area is 161 Å². The molecule has 0 unspecified atom stereocenters. The quantitative estimate of drug-likeness (QED) is 0.227. The summed E-state index contributed by atoms with van der Waals surface area (Å²) in [5.41, 5.74) is 0. The van der Waals surface area contributed by atoms with Crippen LogP contribution in [0.4, 0.5) is 0 Å². The Bertz CT molecular complexity index is 432. The summed E-state index contributed by atoms with van der Waals surface area (Å²) in [5.74, 6) is 0.881. The smallest absolute Gasteiger partial charge is 0.398 e. The maximum absolute atomic E-state index is 6.31. The maximum atomic E-state index is 6.31. The van der Waals surface area contributed by atoms with Crippen LogP contribution in [0.15, 0.2) is 24.3 Å². The molecule has 0 aliphatic heterocycles. The molecule has 0 heterocycles. The average molecular weight is 385 g/mol. The van der Waals surface area contributed by atoms with Gasteiger partial charge in [-0.25, -0.2) is 0 Å². The van der Waals surface area contributed by atoms with Crippen molar-refractivity contribution in [2.24, 2.45) is 0 Å². The highest BCUT2D eigenvalue weighted by Gasteiger charge is 2.35. The van der Waals surface area contributed by atoms with Crippen molar-refractivity contribution in [2.45, 2.75) is 90.6 Å². The number of benzene rings is 1. The highest BCUT2D eigenvalue weighted by atomic mass is 35.5. The Balaban J connectivity index is 2.23. The van der Waals surface area contributed by atoms with Gasteiger partial charge in [0, 0.05) is 11.6 Å². The van der Waals surface area contributed by atoms with E-state index in [1.54, 1.807) is 0 Å². The zero-order valence-electron chi connectivity index (χ0n) is 16.5. The molecular formula is C21H37ClO2Si. The third-order valence-corrected chi connectivity index (χ3v) is 8.55. The van der Waals surface area contributed by atoms with E-state index in [0.717, 1.165) is 35.9 Å². The summed E-state index contributed by atoms with van der Waals surface area (Å²) in [6.45, 7) is 7.47. The molecule has 0 saturated heterocycles. The molecule has 25 heavy (non-hydrogen) atoms.